The van der Waals surface area contributed by atoms with Crippen LogP contribution in [0.3, 0.4) is 0 Å². The Hall–Kier alpha value is -1.62. The Morgan fingerprint density at radius 3 is 2.57 bits per heavy atom. The molecule has 2 aromatic rings. The van der Waals surface area contributed by atoms with Gasteiger partial charge in [-0.2, -0.15) is 5.10 Å². The Morgan fingerprint density at radius 1 is 1.24 bits per heavy atom. The van der Waals surface area contributed by atoms with E-state index in [1.54, 1.807) is 4.68 Å². The highest BCUT2D eigenvalue weighted by molar-refractivity contribution is 6.31. The molecular formula is C15H18ClF2N3. The van der Waals surface area contributed by atoms with Gasteiger partial charge >= 0.3 is 0 Å². The summed E-state index contributed by atoms with van der Waals surface area (Å²) >= 11 is 6.28. The van der Waals surface area contributed by atoms with Crippen LogP contribution in [-0.4, -0.2) is 9.78 Å². The quantitative estimate of drug-likeness (QED) is 0.891. The van der Waals surface area contributed by atoms with Gasteiger partial charge in [-0.05, 0) is 31.9 Å². The van der Waals surface area contributed by atoms with Crippen LogP contribution in [0.5, 0.6) is 0 Å². The molecule has 0 aliphatic rings. The van der Waals surface area contributed by atoms with Crippen molar-refractivity contribution < 1.29 is 8.78 Å². The summed E-state index contributed by atoms with van der Waals surface area (Å²) in [5, 5.41) is 7.86. The van der Waals surface area contributed by atoms with Crippen molar-refractivity contribution in [3.05, 3.63) is 45.7 Å². The lowest BCUT2D eigenvalue weighted by molar-refractivity contribution is 0.592. The second-order valence-corrected chi connectivity index (χ2v) is 5.19. The summed E-state index contributed by atoms with van der Waals surface area (Å²) in [6.07, 6.45) is 0.729. The summed E-state index contributed by atoms with van der Waals surface area (Å²) in [7, 11) is 0. The van der Waals surface area contributed by atoms with E-state index in [-0.39, 0.29) is 11.3 Å². The minimum atomic E-state index is -0.483. The number of anilines is 1. The molecule has 0 amide bonds. The molecule has 1 aromatic carbocycles. The van der Waals surface area contributed by atoms with Gasteiger partial charge < -0.3 is 5.32 Å². The normalized spacial score (nSPS) is 11.0. The number of rotatable bonds is 5. The Bertz CT molecular complexity index is 653. The molecule has 0 saturated carbocycles. The summed E-state index contributed by atoms with van der Waals surface area (Å²) in [4.78, 5) is 0. The molecule has 2 rings (SSSR count). The molecule has 0 unspecified atom stereocenters. The van der Waals surface area contributed by atoms with Crippen LogP contribution in [0.4, 0.5) is 14.5 Å². The van der Waals surface area contributed by atoms with E-state index in [1.807, 2.05) is 13.8 Å². The van der Waals surface area contributed by atoms with E-state index >= 15 is 0 Å². The summed E-state index contributed by atoms with van der Waals surface area (Å²) in [5.74, 6) is -0.924. The van der Waals surface area contributed by atoms with E-state index in [9.17, 15) is 8.78 Å². The molecule has 6 heteroatoms. The summed E-state index contributed by atoms with van der Waals surface area (Å²) in [6.45, 7) is 6.41. The van der Waals surface area contributed by atoms with Gasteiger partial charge in [-0.1, -0.05) is 18.5 Å². The molecule has 0 bridgehead atoms. The second-order valence-electron chi connectivity index (χ2n) is 4.81. The number of aromatic nitrogens is 2. The first-order chi connectivity index (χ1) is 9.97. The van der Waals surface area contributed by atoms with Crippen molar-refractivity contribution in [3.8, 4) is 0 Å². The van der Waals surface area contributed by atoms with E-state index in [0.717, 1.165) is 23.9 Å². The molecule has 21 heavy (non-hydrogen) atoms. The zero-order chi connectivity index (χ0) is 15.6. The van der Waals surface area contributed by atoms with Gasteiger partial charge in [0.25, 0.3) is 0 Å². The topological polar surface area (TPSA) is 29.9 Å². The molecule has 0 radical (unpaired) electrons. The first-order valence-electron chi connectivity index (χ1n) is 6.91. The van der Waals surface area contributed by atoms with Crippen LogP contribution >= 0.6 is 11.6 Å². The number of nitrogens with zero attached hydrogens (tertiary/aromatic N) is 2. The van der Waals surface area contributed by atoms with Crippen LogP contribution in [0.15, 0.2) is 12.1 Å². The third-order valence-electron chi connectivity index (χ3n) is 3.39. The number of aryl methyl sites for hydroxylation is 3. The maximum Gasteiger partial charge on any atom is 0.146 e. The van der Waals surface area contributed by atoms with Crippen LogP contribution in [0.1, 0.15) is 30.8 Å². The minimum absolute atomic E-state index is 0.121. The standard InChI is InChI=1S/C15H18ClF2N3/c1-4-12-15(16)14(21(5-2)20-12)8-19-13-7-10(17)9(3)6-11(13)18/h6-7,19H,4-5,8H2,1-3H3. The molecule has 0 spiro atoms. The molecule has 0 aliphatic heterocycles. The molecule has 1 heterocycles. The van der Waals surface area contributed by atoms with Crippen molar-refractivity contribution in [1.82, 2.24) is 9.78 Å². The van der Waals surface area contributed by atoms with Gasteiger partial charge in [0.1, 0.15) is 11.6 Å². The fourth-order valence-electron chi connectivity index (χ4n) is 2.15. The van der Waals surface area contributed by atoms with Crippen molar-refractivity contribution in [3.63, 3.8) is 0 Å². The Balaban J connectivity index is 2.24. The highest BCUT2D eigenvalue weighted by Gasteiger charge is 2.15. The van der Waals surface area contributed by atoms with Gasteiger partial charge in [-0.3, -0.25) is 4.68 Å². The number of hydrogen-bond donors (Lipinski definition) is 1. The molecule has 0 atom stereocenters. The molecule has 1 aromatic heterocycles. The van der Waals surface area contributed by atoms with Gasteiger partial charge in [-0.15, -0.1) is 0 Å². The maximum atomic E-state index is 13.8. The number of halogens is 3. The second kappa shape index (κ2) is 6.43. The number of hydrogen-bond acceptors (Lipinski definition) is 2. The van der Waals surface area contributed by atoms with Gasteiger partial charge in [0.05, 0.1) is 28.6 Å². The fraction of sp³-hybridized carbons (Fsp3) is 0.400. The lowest BCUT2D eigenvalue weighted by atomic mass is 10.2. The minimum Gasteiger partial charge on any atom is -0.377 e. The third kappa shape index (κ3) is 3.18. The summed E-state index contributed by atoms with van der Waals surface area (Å²) in [6, 6.07) is 2.33. The van der Waals surface area contributed by atoms with Crippen LogP contribution < -0.4 is 5.32 Å². The van der Waals surface area contributed by atoms with E-state index in [4.69, 9.17) is 11.6 Å². The highest BCUT2D eigenvalue weighted by Crippen LogP contribution is 2.24. The summed E-state index contributed by atoms with van der Waals surface area (Å²) in [5.41, 5.74) is 1.99. The van der Waals surface area contributed by atoms with Crippen molar-refractivity contribution in [2.45, 2.75) is 40.3 Å². The largest absolute Gasteiger partial charge is 0.377 e. The highest BCUT2D eigenvalue weighted by atomic mass is 35.5. The van der Waals surface area contributed by atoms with Crippen molar-refractivity contribution in [1.29, 1.82) is 0 Å². The molecular weight excluding hydrogens is 296 g/mol. The Labute approximate surface area is 127 Å². The predicted molar refractivity (Wildman–Crippen MR) is 80.7 cm³/mol. The average Bonchev–Trinajstić information content (AvgIpc) is 2.77. The first kappa shape index (κ1) is 15.8. The first-order valence-corrected chi connectivity index (χ1v) is 7.29. The van der Waals surface area contributed by atoms with Crippen LogP contribution in [0.25, 0.3) is 0 Å². The Kier molecular flexibility index (Phi) is 4.83. The van der Waals surface area contributed by atoms with Gasteiger partial charge in [0, 0.05) is 12.6 Å². The SMILES string of the molecule is CCc1nn(CC)c(CNc2cc(F)c(C)cc2F)c1Cl. The van der Waals surface area contributed by atoms with E-state index in [0.29, 0.717) is 18.1 Å². The van der Waals surface area contributed by atoms with Gasteiger partial charge in [0.2, 0.25) is 0 Å². The number of nitrogens with one attached hydrogen (secondary N) is 1. The number of benzene rings is 1. The zero-order valence-corrected chi connectivity index (χ0v) is 13.1. The smallest absolute Gasteiger partial charge is 0.146 e. The van der Waals surface area contributed by atoms with Crippen LogP contribution in [-0.2, 0) is 19.5 Å². The summed E-state index contributed by atoms with van der Waals surface area (Å²) < 4.78 is 29.1. The molecule has 0 fully saturated rings. The Morgan fingerprint density at radius 2 is 1.95 bits per heavy atom. The van der Waals surface area contributed by atoms with E-state index < -0.39 is 11.6 Å². The average molecular weight is 314 g/mol. The molecule has 1 N–H and O–H groups in total. The van der Waals surface area contributed by atoms with Crippen LogP contribution in [0, 0.1) is 18.6 Å². The van der Waals surface area contributed by atoms with E-state index in [1.165, 1.54) is 13.0 Å². The molecule has 114 valence electrons. The van der Waals surface area contributed by atoms with E-state index in [2.05, 4.69) is 10.4 Å². The van der Waals surface area contributed by atoms with Crippen molar-refractivity contribution in [2.75, 3.05) is 5.32 Å². The van der Waals surface area contributed by atoms with Gasteiger partial charge in [-0.25, -0.2) is 8.78 Å². The molecule has 0 aliphatic carbocycles. The van der Waals surface area contributed by atoms with Crippen molar-refractivity contribution in [2.24, 2.45) is 0 Å². The van der Waals surface area contributed by atoms with Crippen LogP contribution in [0.2, 0.25) is 5.02 Å². The predicted octanol–water partition coefficient (Wildman–Crippen LogP) is 4.32. The zero-order valence-electron chi connectivity index (χ0n) is 12.3. The maximum absolute atomic E-state index is 13.8. The lowest BCUT2D eigenvalue weighted by Crippen LogP contribution is -2.09. The lowest BCUT2D eigenvalue weighted by Gasteiger charge is -2.10. The monoisotopic (exact) mass is 313 g/mol. The third-order valence-corrected chi connectivity index (χ3v) is 3.83. The van der Waals surface area contributed by atoms with Gasteiger partial charge in [0.15, 0.2) is 0 Å². The molecule has 3 nitrogen and oxygen atoms in total. The fourth-order valence-corrected chi connectivity index (χ4v) is 2.48. The van der Waals surface area contributed by atoms with Crippen molar-refractivity contribution >= 4 is 17.3 Å². The molecule has 0 saturated heterocycles.